The van der Waals surface area contributed by atoms with Gasteiger partial charge in [0.05, 0.1) is 17.8 Å². The van der Waals surface area contributed by atoms with E-state index in [1.165, 1.54) is 0 Å². The van der Waals surface area contributed by atoms with Crippen LogP contribution < -0.4 is 20.7 Å². The van der Waals surface area contributed by atoms with Crippen LogP contribution in [0, 0.1) is 0 Å². The Balaban J connectivity index is 1.36. The third kappa shape index (κ3) is 6.23. The maximum atomic E-state index is 12.7. The average molecular weight is 452 g/mol. The van der Waals surface area contributed by atoms with Crippen molar-refractivity contribution in [2.24, 2.45) is 0 Å². The molecular weight excluding hydrogens is 426 g/mol. The van der Waals surface area contributed by atoms with Gasteiger partial charge in [-0.3, -0.25) is 9.59 Å². The summed E-state index contributed by atoms with van der Waals surface area (Å²) in [6.45, 7) is 0.412. The Hall–Kier alpha value is -4.58. The van der Waals surface area contributed by atoms with Gasteiger partial charge in [-0.15, -0.1) is 0 Å². The minimum Gasteiger partial charge on any atom is -0.455 e. The maximum Gasteiger partial charge on any atom is 0.253 e. The van der Waals surface area contributed by atoms with Crippen molar-refractivity contribution < 1.29 is 14.3 Å². The fraction of sp³-hybridized carbons (Fsp3) is 0.0714. The molecule has 0 saturated carbocycles. The second kappa shape index (κ2) is 11.3. The van der Waals surface area contributed by atoms with Crippen LogP contribution in [0.25, 0.3) is 0 Å². The molecule has 0 aliphatic heterocycles. The SMILES string of the molecule is O=C(CNc1ccccc1C(=O)NCc1ccccc1)Nc1ccccc1Oc1ccccc1. The molecule has 0 saturated heterocycles. The highest BCUT2D eigenvalue weighted by Gasteiger charge is 2.13. The topological polar surface area (TPSA) is 79.5 Å². The molecule has 4 aromatic carbocycles. The molecule has 0 radical (unpaired) electrons. The van der Waals surface area contributed by atoms with E-state index >= 15 is 0 Å². The van der Waals surface area contributed by atoms with Crippen LogP contribution in [-0.4, -0.2) is 18.4 Å². The Labute approximate surface area is 198 Å². The van der Waals surface area contributed by atoms with E-state index in [-0.39, 0.29) is 18.4 Å². The third-order valence-electron chi connectivity index (χ3n) is 5.04. The lowest BCUT2D eigenvalue weighted by atomic mass is 10.1. The summed E-state index contributed by atoms with van der Waals surface area (Å²) in [6, 6.07) is 33.4. The molecule has 0 aliphatic carbocycles. The smallest absolute Gasteiger partial charge is 0.253 e. The summed E-state index contributed by atoms with van der Waals surface area (Å²) in [7, 11) is 0. The number of carbonyl (C=O) groups excluding carboxylic acids is 2. The first-order chi connectivity index (χ1) is 16.7. The normalized spacial score (nSPS) is 10.2. The van der Waals surface area contributed by atoms with Gasteiger partial charge in [-0.25, -0.2) is 0 Å². The number of nitrogens with one attached hydrogen (secondary N) is 3. The number of hydrogen-bond acceptors (Lipinski definition) is 4. The molecule has 0 atom stereocenters. The van der Waals surface area contributed by atoms with E-state index in [0.29, 0.717) is 35.0 Å². The van der Waals surface area contributed by atoms with Crippen LogP contribution in [0.4, 0.5) is 11.4 Å². The molecule has 4 rings (SSSR count). The second-order valence-corrected chi connectivity index (χ2v) is 7.53. The van der Waals surface area contributed by atoms with Gasteiger partial charge in [-0.05, 0) is 42.0 Å². The van der Waals surface area contributed by atoms with Crippen LogP contribution in [0.5, 0.6) is 11.5 Å². The summed E-state index contributed by atoms with van der Waals surface area (Å²) >= 11 is 0. The predicted octanol–water partition coefficient (Wildman–Crippen LogP) is 5.46. The molecule has 4 aromatic rings. The molecule has 0 unspecified atom stereocenters. The molecule has 0 spiro atoms. The number of rotatable bonds is 9. The summed E-state index contributed by atoms with van der Waals surface area (Å²) in [5.41, 5.74) is 2.63. The molecule has 3 N–H and O–H groups in total. The van der Waals surface area contributed by atoms with E-state index in [4.69, 9.17) is 4.74 Å². The largest absolute Gasteiger partial charge is 0.455 e. The van der Waals surface area contributed by atoms with Crippen molar-refractivity contribution in [2.75, 3.05) is 17.2 Å². The number of carbonyl (C=O) groups is 2. The lowest BCUT2D eigenvalue weighted by molar-refractivity contribution is -0.114. The van der Waals surface area contributed by atoms with Gasteiger partial charge in [0.2, 0.25) is 5.91 Å². The molecule has 0 bridgehead atoms. The number of hydrogen-bond donors (Lipinski definition) is 3. The Morgan fingerprint density at radius 3 is 2.06 bits per heavy atom. The van der Waals surface area contributed by atoms with Gasteiger partial charge in [0.25, 0.3) is 5.91 Å². The first-order valence-corrected chi connectivity index (χ1v) is 11.0. The van der Waals surface area contributed by atoms with Crippen molar-refractivity contribution in [1.29, 1.82) is 0 Å². The lowest BCUT2D eigenvalue weighted by Gasteiger charge is -2.14. The molecule has 0 aliphatic rings. The van der Waals surface area contributed by atoms with Crippen LogP contribution in [0.2, 0.25) is 0 Å². The molecule has 2 amide bonds. The van der Waals surface area contributed by atoms with E-state index in [0.717, 1.165) is 5.56 Å². The summed E-state index contributed by atoms with van der Waals surface area (Å²) in [6.07, 6.45) is 0. The highest BCUT2D eigenvalue weighted by molar-refractivity contribution is 6.01. The molecule has 34 heavy (non-hydrogen) atoms. The van der Waals surface area contributed by atoms with E-state index in [2.05, 4.69) is 16.0 Å². The summed E-state index contributed by atoms with van der Waals surface area (Å²) < 4.78 is 5.90. The maximum absolute atomic E-state index is 12.7. The fourth-order valence-electron chi connectivity index (χ4n) is 3.35. The van der Waals surface area contributed by atoms with Crippen molar-refractivity contribution in [3.8, 4) is 11.5 Å². The van der Waals surface area contributed by atoms with Gasteiger partial charge in [-0.1, -0.05) is 72.8 Å². The zero-order chi connectivity index (χ0) is 23.6. The van der Waals surface area contributed by atoms with Gasteiger partial charge >= 0.3 is 0 Å². The first kappa shape index (κ1) is 22.6. The van der Waals surface area contributed by atoms with Gasteiger partial charge in [0.1, 0.15) is 5.75 Å². The van der Waals surface area contributed by atoms with Crippen molar-refractivity contribution >= 4 is 23.2 Å². The number of para-hydroxylation sites is 4. The van der Waals surface area contributed by atoms with Crippen molar-refractivity contribution in [3.63, 3.8) is 0 Å². The second-order valence-electron chi connectivity index (χ2n) is 7.53. The average Bonchev–Trinajstić information content (AvgIpc) is 2.88. The number of ether oxygens (including phenoxy) is 1. The molecule has 6 heteroatoms. The van der Waals surface area contributed by atoms with Gasteiger partial charge in [0, 0.05) is 12.2 Å². The Bertz CT molecular complexity index is 1240. The minimum absolute atomic E-state index is 0.0113. The predicted molar refractivity (Wildman–Crippen MR) is 134 cm³/mol. The molecular formula is C28H25N3O3. The van der Waals surface area contributed by atoms with Crippen LogP contribution in [0.15, 0.2) is 109 Å². The highest BCUT2D eigenvalue weighted by Crippen LogP contribution is 2.29. The molecule has 170 valence electrons. The number of amides is 2. The monoisotopic (exact) mass is 451 g/mol. The molecule has 0 heterocycles. The van der Waals surface area contributed by atoms with Crippen molar-refractivity contribution in [2.45, 2.75) is 6.54 Å². The zero-order valence-electron chi connectivity index (χ0n) is 18.5. The zero-order valence-corrected chi connectivity index (χ0v) is 18.5. The van der Waals surface area contributed by atoms with Gasteiger partial charge < -0.3 is 20.7 Å². The quantitative estimate of drug-likeness (QED) is 0.316. The van der Waals surface area contributed by atoms with E-state index in [1.807, 2.05) is 78.9 Å². The Kier molecular flexibility index (Phi) is 7.54. The van der Waals surface area contributed by atoms with Crippen LogP contribution in [0.1, 0.15) is 15.9 Å². The molecule has 0 fully saturated rings. The summed E-state index contributed by atoms with van der Waals surface area (Å²) in [5, 5.41) is 8.85. The fourth-order valence-corrected chi connectivity index (χ4v) is 3.35. The van der Waals surface area contributed by atoms with E-state index in [1.54, 1.807) is 30.3 Å². The van der Waals surface area contributed by atoms with Crippen molar-refractivity contribution in [3.05, 3.63) is 120 Å². The lowest BCUT2D eigenvalue weighted by Crippen LogP contribution is -2.26. The van der Waals surface area contributed by atoms with Gasteiger partial charge in [-0.2, -0.15) is 0 Å². The van der Waals surface area contributed by atoms with Crippen LogP contribution >= 0.6 is 0 Å². The third-order valence-corrected chi connectivity index (χ3v) is 5.04. The van der Waals surface area contributed by atoms with E-state index in [9.17, 15) is 9.59 Å². The van der Waals surface area contributed by atoms with Crippen LogP contribution in [-0.2, 0) is 11.3 Å². The van der Waals surface area contributed by atoms with Crippen LogP contribution in [0.3, 0.4) is 0 Å². The number of benzene rings is 4. The highest BCUT2D eigenvalue weighted by atomic mass is 16.5. The number of anilines is 2. The first-order valence-electron chi connectivity index (χ1n) is 11.0. The minimum atomic E-state index is -0.261. The summed E-state index contributed by atoms with van der Waals surface area (Å²) in [4.78, 5) is 25.4. The Morgan fingerprint density at radius 1 is 0.676 bits per heavy atom. The standard InChI is InChI=1S/C28H25N3O3/c32-27(31-25-17-9-10-18-26(25)34-22-13-5-2-6-14-22)20-29-24-16-8-7-15-23(24)28(33)30-19-21-11-3-1-4-12-21/h1-18,29H,19-20H2,(H,30,33)(H,31,32). The van der Waals surface area contributed by atoms with Gasteiger partial charge in [0.15, 0.2) is 5.75 Å². The summed E-state index contributed by atoms with van der Waals surface area (Å²) in [5.74, 6) is 0.748. The van der Waals surface area contributed by atoms with E-state index < -0.39 is 0 Å². The molecule has 6 nitrogen and oxygen atoms in total. The van der Waals surface area contributed by atoms with Crippen molar-refractivity contribution in [1.82, 2.24) is 5.32 Å². The molecule has 0 aromatic heterocycles. The Morgan fingerprint density at radius 2 is 1.29 bits per heavy atom.